The summed E-state index contributed by atoms with van der Waals surface area (Å²) in [6.45, 7) is 0.536. The number of benzene rings is 1. The largest absolute Gasteiger partial charge is 0.367 e. The summed E-state index contributed by atoms with van der Waals surface area (Å²) in [5.74, 6) is -0.0277. The molecule has 0 aliphatic heterocycles. The number of H-pyrrole nitrogens is 1. The van der Waals surface area contributed by atoms with Crippen molar-refractivity contribution in [3.8, 4) is 11.1 Å². The Balaban J connectivity index is 1.77. The number of rotatable bonds is 4. The van der Waals surface area contributed by atoms with E-state index in [2.05, 4.69) is 10.3 Å². The van der Waals surface area contributed by atoms with Crippen LogP contribution in [-0.4, -0.2) is 10.9 Å². The van der Waals surface area contributed by atoms with E-state index in [9.17, 15) is 4.79 Å². The zero-order valence-corrected chi connectivity index (χ0v) is 11.6. The molecule has 1 aromatic carbocycles. The molecular formula is C16H14N2OS. The molecule has 0 saturated heterocycles. The first-order valence-corrected chi connectivity index (χ1v) is 7.25. The number of nitrogens with one attached hydrogen (secondary N) is 2. The SMILES string of the molecule is O=C(NCc1cc[nH]c1)c1sccc1-c1ccccc1. The highest BCUT2D eigenvalue weighted by molar-refractivity contribution is 7.12. The number of hydrogen-bond donors (Lipinski definition) is 2. The van der Waals surface area contributed by atoms with Crippen molar-refractivity contribution in [2.45, 2.75) is 6.54 Å². The molecule has 0 bridgehead atoms. The summed E-state index contributed by atoms with van der Waals surface area (Å²) in [5.41, 5.74) is 3.12. The van der Waals surface area contributed by atoms with Crippen molar-refractivity contribution in [2.75, 3.05) is 0 Å². The molecular weight excluding hydrogens is 268 g/mol. The van der Waals surface area contributed by atoms with E-state index in [1.54, 1.807) is 0 Å². The fourth-order valence-electron chi connectivity index (χ4n) is 2.06. The number of hydrogen-bond acceptors (Lipinski definition) is 2. The van der Waals surface area contributed by atoms with Gasteiger partial charge in [0.1, 0.15) is 0 Å². The van der Waals surface area contributed by atoms with Crippen molar-refractivity contribution < 1.29 is 4.79 Å². The van der Waals surface area contributed by atoms with Crippen molar-refractivity contribution in [1.82, 2.24) is 10.3 Å². The minimum Gasteiger partial charge on any atom is -0.367 e. The van der Waals surface area contributed by atoms with Gasteiger partial charge in [0.25, 0.3) is 5.91 Å². The van der Waals surface area contributed by atoms with Crippen molar-refractivity contribution in [2.24, 2.45) is 0 Å². The predicted octanol–water partition coefficient (Wildman–Crippen LogP) is 3.67. The lowest BCUT2D eigenvalue weighted by Gasteiger charge is -2.05. The maximum Gasteiger partial charge on any atom is 0.262 e. The Morgan fingerprint density at radius 3 is 2.75 bits per heavy atom. The lowest BCUT2D eigenvalue weighted by molar-refractivity contribution is 0.0955. The molecule has 0 radical (unpaired) electrons. The fourth-order valence-corrected chi connectivity index (χ4v) is 2.89. The quantitative estimate of drug-likeness (QED) is 0.753. The van der Waals surface area contributed by atoms with E-state index in [0.29, 0.717) is 6.54 Å². The third kappa shape index (κ3) is 2.65. The third-order valence-corrected chi connectivity index (χ3v) is 3.98. The molecule has 3 rings (SSSR count). The molecule has 4 heteroatoms. The minimum absolute atomic E-state index is 0.0277. The highest BCUT2D eigenvalue weighted by Gasteiger charge is 2.14. The number of aromatic nitrogens is 1. The molecule has 0 atom stereocenters. The first-order chi connectivity index (χ1) is 9.84. The van der Waals surface area contributed by atoms with Gasteiger partial charge in [0.15, 0.2) is 0 Å². The molecule has 0 spiro atoms. The molecule has 0 aliphatic carbocycles. The highest BCUT2D eigenvalue weighted by Crippen LogP contribution is 2.28. The van der Waals surface area contributed by atoms with Gasteiger partial charge in [0.05, 0.1) is 4.88 Å². The Labute approximate surface area is 121 Å². The average molecular weight is 282 g/mol. The first-order valence-electron chi connectivity index (χ1n) is 6.37. The summed E-state index contributed by atoms with van der Waals surface area (Å²) in [6.07, 6.45) is 3.73. The number of aromatic amines is 1. The van der Waals surface area contributed by atoms with Gasteiger partial charge in [-0.05, 0) is 28.6 Å². The lowest BCUT2D eigenvalue weighted by atomic mass is 10.1. The van der Waals surface area contributed by atoms with Crippen LogP contribution in [-0.2, 0) is 6.54 Å². The molecule has 0 saturated carbocycles. The fraction of sp³-hybridized carbons (Fsp3) is 0.0625. The molecule has 2 aromatic heterocycles. The second-order valence-corrected chi connectivity index (χ2v) is 5.35. The molecule has 3 nitrogen and oxygen atoms in total. The van der Waals surface area contributed by atoms with Gasteiger partial charge >= 0.3 is 0 Å². The molecule has 1 amide bonds. The molecule has 0 fully saturated rings. The van der Waals surface area contributed by atoms with E-state index in [4.69, 9.17) is 0 Å². The van der Waals surface area contributed by atoms with Gasteiger partial charge in [-0.2, -0.15) is 0 Å². The monoisotopic (exact) mass is 282 g/mol. The van der Waals surface area contributed by atoms with Crippen LogP contribution < -0.4 is 5.32 Å². The third-order valence-electron chi connectivity index (χ3n) is 3.07. The van der Waals surface area contributed by atoms with Crippen LogP contribution in [0.15, 0.2) is 60.2 Å². The van der Waals surface area contributed by atoms with Crippen molar-refractivity contribution in [3.05, 3.63) is 70.7 Å². The molecule has 0 unspecified atom stereocenters. The number of thiophene rings is 1. The van der Waals surface area contributed by atoms with Crippen LogP contribution in [0.3, 0.4) is 0 Å². The Morgan fingerprint density at radius 2 is 2.00 bits per heavy atom. The zero-order chi connectivity index (χ0) is 13.8. The molecule has 0 aliphatic rings. The van der Waals surface area contributed by atoms with E-state index in [1.165, 1.54) is 11.3 Å². The van der Waals surface area contributed by atoms with E-state index in [-0.39, 0.29) is 5.91 Å². The minimum atomic E-state index is -0.0277. The zero-order valence-electron chi connectivity index (χ0n) is 10.8. The highest BCUT2D eigenvalue weighted by atomic mass is 32.1. The van der Waals surface area contributed by atoms with Crippen LogP contribution in [0.4, 0.5) is 0 Å². The van der Waals surface area contributed by atoms with Crippen LogP contribution in [0.25, 0.3) is 11.1 Å². The standard InChI is InChI=1S/C16H14N2OS/c19-16(18-11-12-6-8-17-10-12)15-14(7-9-20-15)13-4-2-1-3-5-13/h1-10,17H,11H2,(H,18,19). The van der Waals surface area contributed by atoms with Gasteiger partial charge in [-0.15, -0.1) is 11.3 Å². The van der Waals surface area contributed by atoms with E-state index in [1.807, 2.05) is 60.2 Å². The second-order valence-electron chi connectivity index (χ2n) is 4.43. The molecule has 2 heterocycles. The Bertz CT molecular complexity index is 686. The van der Waals surface area contributed by atoms with Gasteiger partial charge in [-0.1, -0.05) is 30.3 Å². The summed E-state index contributed by atoms with van der Waals surface area (Å²) < 4.78 is 0. The Morgan fingerprint density at radius 1 is 1.15 bits per heavy atom. The average Bonchev–Trinajstić information content (AvgIpc) is 3.17. The summed E-state index contributed by atoms with van der Waals surface area (Å²) in [6, 6.07) is 13.9. The van der Waals surface area contributed by atoms with Crippen LogP contribution in [0.5, 0.6) is 0 Å². The Kier molecular flexibility index (Phi) is 3.65. The summed E-state index contributed by atoms with van der Waals surface area (Å²) in [4.78, 5) is 16.0. The molecule has 100 valence electrons. The van der Waals surface area contributed by atoms with Crippen molar-refractivity contribution in [1.29, 1.82) is 0 Å². The van der Waals surface area contributed by atoms with Crippen molar-refractivity contribution in [3.63, 3.8) is 0 Å². The van der Waals surface area contributed by atoms with Gasteiger partial charge in [0, 0.05) is 24.5 Å². The van der Waals surface area contributed by atoms with Crippen LogP contribution in [0.2, 0.25) is 0 Å². The smallest absolute Gasteiger partial charge is 0.262 e. The van der Waals surface area contributed by atoms with E-state index in [0.717, 1.165) is 21.6 Å². The normalized spacial score (nSPS) is 10.4. The van der Waals surface area contributed by atoms with E-state index >= 15 is 0 Å². The van der Waals surface area contributed by atoms with Crippen LogP contribution >= 0.6 is 11.3 Å². The van der Waals surface area contributed by atoms with Crippen molar-refractivity contribution >= 4 is 17.2 Å². The second kappa shape index (κ2) is 5.75. The van der Waals surface area contributed by atoms with Crippen LogP contribution in [0, 0.1) is 0 Å². The summed E-state index contributed by atoms with van der Waals surface area (Å²) >= 11 is 1.47. The van der Waals surface area contributed by atoms with E-state index < -0.39 is 0 Å². The number of carbonyl (C=O) groups excluding carboxylic acids is 1. The summed E-state index contributed by atoms with van der Waals surface area (Å²) in [7, 11) is 0. The number of carbonyl (C=O) groups is 1. The van der Waals surface area contributed by atoms with Gasteiger partial charge in [0.2, 0.25) is 0 Å². The maximum absolute atomic E-state index is 12.3. The lowest BCUT2D eigenvalue weighted by Crippen LogP contribution is -2.22. The van der Waals surface area contributed by atoms with Gasteiger partial charge < -0.3 is 10.3 Å². The topological polar surface area (TPSA) is 44.9 Å². The van der Waals surface area contributed by atoms with Gasteiger partial charge in [-0.3, -0.25) is 4.79 Å². The first kappa shape index (κ1) is 12.7. The predicted molar refractivity (Wildman–Crippen MR) is 81.7 cm³/mol. The molecule has 20 heavy (non-hydrogen) atoms. The molecule has 2 N–H and O–H groups in total. The van der Waals surface area contributed by atoms with Crippen LogP contribution in [0.1, 0.15) is 15.2 Å². The maximum atomic E-state index is 12.3. The van der Waals surface area contributed by atoms with Gasteiger partial charge in [-0.25, -0.2) is 0 Å². The number of amides is 1. The Hall–Kier alpha value is -2.33. The molecule has 3 aromatic rings. The summed E-state index contributed by atoms with van der Waals surface area (Å²) in [5, 5.41) is 4.90.